The van der Waals surface area contributed by atoms with Crippen LogP contribution in [-0.4, -0.2) is 49.9 Å². The van der Waals surface area contributed by atoms with Gasteiger partial charge in [-0.15, -0.1) is 0 Å². The zero-order chi connectivity index (χ0) is 14.9. The van der Waals surface area contributed by atoms with E-state index in [1.54, 1.807) is 7.05 Å². The van der Waals surface area contributed by atoms with Gasteiger partial charge >= 0.3 is 5.97 Å². The molecule has 20 heavy (non-hydrogen) atoms. The van der Waals surface area contributed by atoms with E-state index in [9.17, 15) is 18.0 Å². The van der Waals surface area contributed by atoms with Crippen molar-refractivity contribution in [1.82, 2.24) is 9.62 Å². The zero-order valence-corrected chi connectivity index (χ0v) is 11.6. The number of nitrogens with zero attached hydrogens (tertiary/aromatic N) is 1. The van der Waals surface area contributed by atoms with Gasteiger partial charge in [0.25, 0.3) is 0 Å². The molecule has 2 rings (SSSR count). The van der Waals surface area contributed by atoms with Gasteiger partial charge in [-0.25, -0.2) is 17.9 Å². The first-order valence-electron chi connectivity index (χ1n) is 5.89. The minimum absolute atomic E-state index is 0.0136. The third-order valence-electron chi connectivity index (χ3n) is 3.07. The van der Waals surface area contributed by atoms with Crippen LogP contribution < -0.4 is 4.72 Å². The maximum absolute atomic E-state index is 12.1. The number of hydrogen-bond donors (Lipinski definition) is 2. The first-order chi connectivity index (χ1) is 9.29. The Morgan fingerprint density at radius 1 is 1.35 bits per heavy atom. The van der Waals surface area contributed by atoms with Crippen LogP contribution in [0.3, 0.4) is 0 Å². The summed E-state index contributed by atoms with van der Waals surface area (Å²) < 4.78 is 26.6. The summed E-state index contributed by atoms with van der Waals surface area (Å²) in [5.41, 5.74) is 0.0136. The van der Waals surface area contributed by atoms with Gasteiger partial charge in [0.1, 0.15) is 0 Å². The standard InChI is InChI=1S/C12H14N2O5S/c1-14-7-9(6-11(14)15)13-20(18,19)10-4-2-8(3-5-10)12(16)17/h2-5,9,13H,6-7H2,1H3,(H,16,17). The van der Waals surface area contributed by atoms with E-state index in [0.717, 1.165) is 0 Å². The van der Waals surface area contributed by atoms with E-state index >= 15 is 0 Å². The molecule has 1 atom stereocenters. The first kappa shape index (κ1) is 14.5. The number of carbonyl (C=O) groups is 2. The van der Waals surface area contributed by atoms with Crippen molar-refractivity contribution in [2.45, 2.75) is 17.4 Å². The van der Waals surface area contributed by atoms with Crippen LogP contribution in [0.4, 0.5) is 0 Å². The Morgan fingerprint density at radius 3 is 2.40 bits per heavy atom. The Balaban J connectivity index is 2.14. The van der Waals surface area contributed by atoms with Crippen LogP contribution in [0.2, 0.25) is 0 Å². The molecule has 0 saturated carbocycles. The number of benzene rings is 1. The lowest BCUT2D eigenvalue weighted by atomic mass is 10.2. The normalized spacial score (nSPS) is 19.4. The fourth-order valence-corrected chi connectivity index (χ4v) is 3.23. The molecule has 1 aromatic carbocycles. The molecule has 1 amide bonds. The number of likely N-dealkylation sites (N-methyl/N-ethyl adjacent to an activating group) is 1. The molecule has 1 aromatic rings. The molecule has 1 unspecified atom stereocenters. The molecular weight excluding hydrogens is 284 g/mol. The highest BCUT2D eigenvalue weighted by Gasteiger charge is 2.30. The number of aromatic carboxylic acids is 1. The number of likely N-dealkylation sites (tertiary alicyclic amines) is 1. The molecule has 2 N–H and O–H groups in total. The second-order valence-electron chi connectivity index (χ2n) is 4.63. The van der Waals surface area contributed by atoms with Crippen molar-refractivity contribution >= 4 is 21.9 Å². The molecule has 0 aliphatic carbocycles. The van der Waals surface area contributed by atoms with Gasteiger partial charge in [-0.1, -0.05) is 0 Å². The lowest BCUT2D eigenvalue weighted by Crippen LogP contribution is -2.36. The second kappa shape index (κ2) is 5.22. The number of carbonyl (C=O) groups excluding carboxylic acids is 1. The Bertz CT molecular complexity index is 638. The van der Waals surface area contributed by atoms with Gasteiger partial charge < -0.3 is 10.0 Å². The zero-order valence-electron chi connectivity index (χ0n) is 10.7. The van der Waals surface area contributed by atoms with Gasteiger partial charge in [-0.05, 0) is 24.3 Å². The maximum Gasteiger partial charge on any atom is 0.335 e. The quantitative estimate of drug-likeness (QED) is 0.807. The van der Waals surface area contributed by atoms with Crippen molar-refractivity contribution in [2.24, 2.45) is 0 Å². The molecule has 108 valence electrons. The van der Waals surface area contributed by atoms with Gasteiger partial charge in [0.2, 0.25) is 15.9 Å². The topological polar surface area (TPSA) is 104 Å². The average molecular weight is 298 g/mol. The molecule has 0 aromatic heterocycles. The van der Waals surface area contributed by atoms with Crippen LogP contribution >= 0.6 is 0 Å². The van der Waals surface area contributed by atoms with Crippen LogP contribution in [0.15, 0.2) is 29.2 Å². The van der Waals surface area contributed by atoms with Crippen LogP contribution in [0, 0.1) is 0 Å². The fourth-order valence-electron chi connectivity index (χ4n) is 2.01. The average Bonchev–Trinajstić information content (AvgIpc) is 2.67. The molecular formula is C12H14N2O5S. The Labute approximate surface area is 116 Å². The minimum atomic E-state index is -3.75. The summed E-state index contributed by atoms with van der Waals surface area (Å²) in [6, 6.07) is 4.45. The summed E-state index contributed by atoms with van der Waals surface area (Å²) in [6.07, 6.45) is 0.128. The Morgan fingerprint density at radius 2 is 1.95 bits per heavy atom. The van der Waals surface area contributed by atoms with E-state index in [4.69, 9.17) is 5.11 Å². The molecule has 0 bridgehead atoms. The summed E-state index contributed by atoms with van der Waals surface area (Å²) >= 11 is 0. The lowest BCUT2D eigenvalue weighted by Gasteiger charge is -2.13. The number of hydrogen-bond acceptors (Lipinski definition) is 4. The van der Waals surface area contributed by atoms with Gasteiger partial charge in [0, 0.05) is 26.1 Å². The summed E-state index contributed by atoms with van der Waals surface area (Å²) in [7, 11) is -2.15. The van der Waals surface area contributed by atoms with Gasteiger partial charge in [0.05, 0.1) is 10.5 Å². The minimum Gasteiger partial charge on any atom is -0.478 e. The molecule has 7 nitrogen and oxygen atoms in total. The largest absolute Gasteiger partial charge is 0.478 e. The molecule has 1 heterocycles. The van der Waals surface area contributed by atoms with E-state index in [1.165, 1.54) is 29.2 Å². The van der Waals surface area contributed by atoms with Crippen LogP contribution in [0.25, 0.3) is 0 Å². The summed E-state index contributed by atoms with van der Waals surface area (Å²) in [5.74, 6) is -1.23. The lowest BCUT2D eigenvalue weighted by molar-refractivity contribution is -0.126. The molecule has 1 aliphatic heterocycles. The van der Waals surface area contributed by atoms with Crippen molar-refractivity contribution in [3.8, 4) is 0 Å². The number of rotatable bonds is 4. The van der Waals surface area contributed by atoms with Gasteiger partial charge in [-0.2, -0.15) is 0 Å². The maximum atomic E-state index is 12.1. The van der Waals surface area contributed by atoms with E-state index in [1.807, 2.05) is 0 Å². The third kappa shape index (κ3) is 2.97. The van der Waals surface area contributed by atoms with Crippen LogP contribution in [0.1, 0.15) is 16.8 Å². The number of carboxylic acids is 1. The molecule has 1 fully saturated rings. The Kier molecular flexibility index (Phi) is 3.78. The van der Waals surface area contributed by atoms with Crippen molar-refractivity contribution in [3.05, 3.63) is 29.8 Å². The predicted octanol–water partition coefficient (Wildman–Crippen LogP) is -0.106. The number of amides is 1. The van der Waals surface area contributed by atoms with E-state index in [2.05, 4.69) is 4.72 Å². The predicted molar refractivity (Wildman–Crippen MR) is 69.8 cm³/mol. The van der Waals surface area contributed by atoms with Crippen molar-refractivity contribution in [2.75, 3.05) is 13.6 Å². The molecule has 8 heteroatoms. The fraction of sp³-hybridized carbons (Fsp3) is 0.333. The van der Waals surface area contributed by atoms with Crippen molar-refractivity contribution in [3.63, 3.8) is 0 Å². The second-order valence-corrected chi connectivity index (χ2v) is 6.34. The molecule has 1 aliphatic rings. The number of sulfonamides is 1. The van der Waals surface area contributed by atoms with Crippen molar-refractivity contribution in [1.29, 1.82) is 0 Å². The van der Waals surface area contributed by atoms with E-state index in [0.29, 0.717) is 6.54 Å². The summed E-state index contributed by atoms with van der Waals surface area (Å²) in [4.78, 5) is 23.5. The molecule has 0 radical (unpaired) electrons. The van der Waals surface area contributed by atoms with E-state index < -0.39 is 22.0 Å². The first-order valence-corrected chi connectivity index (χ1v) is 7.37. The van der Waals surface area contributed by atoms with Gasteiger partial charge in [-0.3, -0.25) is 4.79 Å². The van der Waals surface area contributed by atoms with Gasteiger partial charge in [0.15, 0.2) is 0 Å². The summed E-state index contributed by atoms with van der Waals surface area (Å²) in [5, 5.41) is 8.76. The van der Waals surface area contributed by atoms with Crippen molar-refractivity contribution < 1.29 is 23.1 Å². The monoisotopic (exact) mass is 298 g/mol. The third-order valence-corrected chi connectivity index (χ3v) is 4.61. The van der Waals surface area contributed by atoms with E-state index in [-0.39, 0.29) is 22.8 Å². The highest BCUT2D eigenvalue weighted by atomic mass is 32.2. The van der Waals surface area contributed by atoms with Crippen LogP contribution in [-0.2, 0) is 14.8 Å². The number of nitrogens with one attached hydrogen (secondary N) is 1. The van der Waals surface area contributed by atoms with Crippen LogP contribution in [0.5, 0.6) is 0 Å². The number of carboxylic acid groups (broad SMARTS) is 1. The molecule has 1 saturated heterocycles. The molecule has 0 spiro atoms. The highest BCUT2D eigenvalue weighted by molar-refractivity contribution is 7.89. The Hall–Kier alpha value is -1.93. The highest BCUT2D eigenvalue weighted by Crippen LogP contribution is 2.15. The summed E-state index contributed by atoms with van der Waals surface area (Å²) in [6.45, 7) is 0.325. The smallest absolute Gasteiger partial charge is 0.335 e. The SMILES string of the molecule is CN1CC(NS(=O)(=O)c2ccc(C(=O)O)cc2)CC1=O.